The fourth-order valence-corrected chi connectivity index (χ4v) is 1.83. The zero-order valence-electron chi connectivity index (χ0n) is 9.43. The van der Waals surface area contributed by atoms with E-state index in [9.17, 15) is 9.59 Å². The first-order chi connectivity index (χ1) is 8.18. The Labute approximate surface area is 99.6 Å². The van der Waals surface area contributed by atoms with Gasteiger partial charge in [-0.15, -0.1) is 0 Å². The second-order valence-electron chi connectivity index (χ2n) is 4.00. The summed E-state index contributed by atoms with van der Waals surface area (Å²) in [5, 5.41) is 2.67. The van der Waals surface area contributed by atoms with Gasteiger partial charge in [-0.3, -0.25) is 9.59 Å². The average Bonchev–Trinajstić information content (AvgIpc) is 2.38. The number of nitrogens with one attached hydrogen (secondary N) is 1. The molecule has 1 aromatic rings. The van der Waals surface area contributed by atoms with Crippen LogP contribution in [-0.2, 0) is 9.59 Å². The molecule has 1 saturated heterocycles. The van der Waals surface area contributed by atoms with E-state index < -0.39 is 6.04 Å². The zero-order chi connectivity index (χ0) is 12.3. The minimum atomic E-state index is -0.693. The van der Waals surface area contributed by atoms with Crippen LogP contribution < -0.4 is 11.1 Å². The molecule has 0 radical (unpaired) electrons. The number of nitrogens with zero attached hydrogens (tertiary/aromatic N) is 1. The highest BCUT2D eigenvalue weighted by atomic mass is 16.2. The maximum Gasteiger partial charge on any atom is 0.244 e. The molecule has 1 unspecified atom stereocenters. The molecule has 1 aliphatic heterocycles. The maximum absolute atomic E-state index is 12.1. The van der Waals surface area contributed by atoms with Crippen molar-refractivity contribution in [3.05, 3.63) is 35.9 Å². The van der Waals surface area contributed by atoms with Crippen molar-refractivity contribution in [3.63, 3.8) is 0 Å². The summed E-state index contributed by atoms with van der Waals surface area (Å²) in [6.07, 6.45) is 0. The fraction of sp³-hybridized carbons (Fsp3) is 0.333. The van der Waals surface area contributed by atoms with Gasteiger partial charge in [0, 0.05) is 13.1 Å². The molecule has 0 aliphatic carbocycles. The van der Waals surface area contributed by atoms with Crippen LogP contribution in [0.25, 0.3) is 0 Å². The Morgan fingerprint density at radius 2 is 2.06 bits per heavy atom. The minimum Gasteiger partial charge on any atom is -0.353 e. The standard InChI is InChI=1S/C12H15N3O2/c13-11(9-4-2-1-3-5-9)12(17)15-7-6-14-10(16)8-15/h1-5,11H,6-8,13H2,(H,14,16). The summed E-state index contributed by atoms with van der Waals surface area (Å²) in [5.41, 5.74) is 6.66. The summed E-state index contributed by atoms with van der Waals surface area (Å²) < 4.78 is 0. The van der Waals surface area contributed by atoms with E-state index in [1.807, 2.05) is 30.3 Å². The largest absolute Gasteiger partial charge is 0.353 e. The van der Waals surface area contributed by atoms with Gasteiger partial charge in [0.2, 0.25) is 11.8 Å². The van der Waals surface area contributed by atoms with Gasteiger partial charge in [0.15, 0.2) is 0 Å². The van der Waals surface area contributed by atoms with Crippen molar-refractivity contribution in [2.75, 3.05) is 19.6 Å². The Kier molecular flexibility index (Phi) is 3.39. The predicted molar refractivity (Wildman–Crippen MR) is 63.0 cm³/mol. The molecule has 1 aliphatic rings. The van der Waals surface area contributed by atoms with Gasteiger partial charge in [0.1, 0.15) is 6.04 Å². The molecule has 5 nitrogen and oxygen atoms in total. The van der Waals surface area contributed by atoms with E-state index in [4.69, 9.17) is 5.73 Å². The number of benzene rings is 1. The lowest BCUT2D eigenvalue weighted by molar-refractivity contribution is -0.139. The third-order valence-electron chi connectivity index (χ3n) is 2.77. The highest BCUT2D eigenvalue weighted by Crippen LogP contribution is 2.13. The van der Waals surface area contributed by atoms with Crippen molar-refractivity contribution in [2.24, 2.45) is 5.73 Å². The molecule has 2 amide bonds. The van der Waals surface area contributed by atoms with Crippen LogP contribution in [0, 0.1) is 0 Å². The van der Waals surface area contributed by atoms with Crippen LogP contribution in [-0.4, -0.2) is 36.3 Å². The quantitative estimate of drug-likeness (QED) is 0.732. The van der Waals surface area contributed by atoms with Crippen molar-refractivity contribution in [3.8, 4) is 0 Å². The number of hydrogen-bond acceptors (Lipinski definition) is 3. The lowest BCUT2D eigenvalue weighted by Gasteiger charge is -2.29. The molecule has 0 saturated carbocycles. The molecule has 1 atom stereocenters. The molecular formula is C12H15N3O2. The number of amides is 2. The highest BCUT2D eigenvalue weighted by Gasteiger charge is 2.26. The molecular weight excluding hydrogens is 218 g/mol. The zero-order valence-corrected chi connectivity index (χ0v) is 9.43. The van der Waals surface area contributed by atoms with Gasteiger partial charge in [-0.05, 0) is 5.56 Å². The highest BCUT2D eigenvalue weighted by molar-refractivity contribution is 5.89. The molecule has 2 rings (SSSR count). The number of piperazine rings is 1. The van der Waals surface area contributed by atoms with Gasteiger partial charge in [0.05, 0.1) is 6.54 Å². The topological polar surface area (TPSA) is 75.4 Å². The summed E-state index contributed by atoms with van der Waals surface area (Å²) in [7, 11) is 0. The van der Waals surface area contributed by atoms with E-state index in [0.717, 1.165) is 5.56 Å². The number of nitrogens with two attached hydrogens (primary N) is 1. The number of carbonyl (C=O) groups is 2. The van der Waals surface area contributed by atoms with Crippen LogP contribution in [0.3, 0.4) is 0 Å². The van der Waals surface area contributed by atoms with E-state index >= 15 is 0 Å². The van der Waals surface area contributed by atoms with Crippen molar-refractivity contribution in [2.45, 2.75) is 6.04 Å². The first kappa shape index (κ1) is 11.6. The van der Waals surface area contributed by atoms with Crippen LogP contribution in [0.5, 0.6) is 0 Å². The summed E-state index contributed by atoms with van der Waals surface area (Å²) in [5.74, 6) is -0.337. The van der Waals surface area contributed by atoms with Crippen molar-refractivity contribution in [1.29, 1.82) is 0 Å². The Hall–Kier alpha value is -1.88. The molecule has 1 aromatic carbocycles. The first-order valence-corrected chi connectivity index (χ1v) is 5.54. The summed E-state index contributed by atoms with van der Waals surface area (Å²) in [6, 6.07) is 8.48. The van der Waals surface area contributed by atoms with E-state index in [1.54, 1.807) is 0 Å². The lowest BCUT2D eigenvalue weighted by atomic mass is 10.1. The second kappa shape index (κ2) is 4.97. The summed E-state index contributed by atoms with van der Waals surface area (Å²) in [6.45, 7) is 1.11. The van der Waals surface area contributed by atoms with Crippen LogP contribution in [0.15, 0.2) is 30.3 Å². The van der Waals surface area contributed by atoms with Gasteiger partial charge in [0.25, 0.3) is 0 Å². The third kappa shape index (κ3) is 2.62. The van der Waals surface area contributed by atoms with Crippen LogP contribution >= 0.6 is 0 Å². The van der Waals surface area contributed by atoms with Crippen molar-refractivity contribution in [1.82, 2.24) is 10.2 Å². The van der Waals surface area contributed by atoms with Crippen LogP contribution in [0.2, 0.25) is 0 Å². The van der Waals surface area contributed by atoms with Gasteiger partial charge in [-0.1, -0.05) is 30.3 Å². The molecule has 0 aromatic heterocycles. The number of carbonyl (C=O) groups excluding carboxylic acids is 2. The summed E-state index contributed by atoms with van der Waals surface area (Å²) in [4.78, 5) is 24.8. The first-order valence-electron chi connectivity index (χ1n) is 5.54. The molecule has 17 heavy (non-hydrogen) atoms. The predicted octanol–water partition coefficient (Wildman–Crippen LogP) is -0.355. The van der Waals surface area contributed by atoms with E-state index in [1.165, 1.54) is 4.90 Å². The van der Waals surface area contributed by atoms with Crippen molar-refractivity contribution < 1.29 is 9.59 Å². The van der Waals surface area contributed by atoms with Crippen LogP contribution in [0.4, 0.5) is 0 Å². The normalized spacial score (nSPS) is 17.5. The van der Waals surface area contributed by atoms with E-state index in [2.05, 4.69) is 5.32 Å². The molecule has 0 bridgehead atoms. The summed E-state index contributed by atoms with van der Waals surface area (Å²) >= 11 is 0. The number of rotatable bonds is 2. The average molecular weight is 233 g/mol. The smallest absolute Gasteiger partial charge is 0.244 e. The molecule has 1 fully saturated rings. The molecule has 90 valence electrons. The fourth-order valence-electron chi connectivity index (χ4n) is 1.83. The van der Waals surface area contributed by atoms with Crippen LogP contribution in [0.1, 0.15) is 11.6 Å². The molecule has 5 heteroatoms. The van der Waals surface area contributed by atoms with Gasteiger partial charge in [-0.25, -0.2) is 0 Å². The third-order valence-corrected chi connectivity index (χ3v) is 2.77. The SMILES string of the molecule is NC(C(=O)N1CCNC(=O)C1)c1ccccc1. The Bertz CT molecular complexity index is 419. The Morgan fingerprint density at radius 1 is 1.35 bits per heavy atom. The molecule has 1 heterocycles. The minimum absolute atomic E-state index is 0.0966. The van der Waals surface area contributed by atoms with Gasteiger partial charge >= 0.3 is 0 Å². The van der Waals surface area contributed by atoms with Gasteiger partial charge < -0.3 is 16.0 Å². The lowest BCUT2D eigenvalue weighted by Crippen LogP contribution is -2.52. The Morgan fingerprint density at radius 3 is 2.71 bits per heavy atom. The second-order valence-corrected chi connectivity index (χ2v) is 4.00. The monoisotopic (exact) mass is 233 g/mol. The van der Waals surface area contributed by atoms with E-state index in [0.29, 0.717) is 13.1 Å². The number of hydrogen-bond donors (Lipinski definition) is 2. The molecule has 3 N–H and O–H groups in total. The Balaban J connectivity index is 2.07. The maximum atomic E-state index is 12.1. The molecule has 0 spiro atoms. The van der Waals surface area contributed by atoms with Crippen molar-refractivity contribution >= 4 is 11.8 Å². The van der Waals surface area contributed by atoms with Gasteiger partial charge in [-0.2, -0.15) is 0 Å². The van der Waals surface area contributed by atoms with E-state index in [-0.39, 0.29) is 18.4 Å².